The minimum absolute atomic E-state index is 1.02. The van der Waals surface area contributed by atoms with E-state index >= 15 is 0 Å². The lowest BCUT2D eigenvalue weighted by Gasteiger charge is -2.22. The van der Waals surface area contributed by atoms with E-state index in [9.17, 15) is 0 Å². The number of hydrogen-bond acceptors (Lipinski definition) is 1. The lowest BCUT2D eigenvalue weighted by Crippen LogP contribution is -2.12. The van der Waals surface area contributed by atoms with E-state index < -0.39 is 0 Å². The second-order valence-electron chi connectivity index (χ2n) is 4.94. The highest BCUT2D eigenvalue weighted by Crippen LogP contribution is 2.29. The molecule has 0 bridgehead atoms. The number of nitrogens with one attached hydrogen (secondary N) is 1. The molecule has 1 aliphatic carbocycles. The van der Waals surface area contributed by atoms with Crippen molar-refractivity contribution in [1.29, 1.82) is 0 Å². The first-order valence-corrected chi connectivity index (χ1v) is 6.16. The Bertz CT molecular complexity index is 132. The van der Waals surface area contributed by atoms with Crippen LogP contribution in [-0.4, -0.2) is 13.1 Å². The lowest BCUT2D eigenvalue weighted by molar-refractivity contribution is 0.312. The molecule has 1 heterocycles. The predicted molar refractivity (Wildman–Crippen MR) is 56.8 cm³/mol. The van der Waals surface area contributed by atoms with Gasteiger partial charge in [-0.15, -0.1) is 0 Å². The third-order valence-electron chi connectivity index (χ3n) is 3.87. The Kier molecular flexibility index (Phi) is 3.65. The van der Waals surface area contributed by atoms with Crippen molar-refractivity contribution in [3.8, 4) is 0 Å². The lowest BCUT2D eigenvalue weighted by atomic mass is 9.84. The fourth-order valence-electron chi connectivity index (χ4n) is 2.91. The van der Waals surface area contributed by atoms with Crippen LogP contribution in [-0.2, 0) is 0 Å². The molecule has 1 nitrogen and oxygen atoms in total. The second kappa shape index (κ2) is 4.99. The van der Waals surface area contributed by atoms with Crippen LogP contribution in [0.2, 0.25) is 0 Å². The fourth-order valence-corrected chi connectivity index (χ4v) is 2.91. The Morgan fingerprint density at radius 3 is 2.31 bits per heavy atom. The van der Waals surface area contributed by atoms with Crippen LogP contribution in [0.4, 0.5) is 0 Å². The molecular formula is C12H23N. The van der Waals surface area contributed by atoms with E-state index in [-0.39, 0.29) is 0 Å². The average Bonchev–Trinajstić information content (AvgIpc) is 2.69. The van der Waals surface area contributed by atoms with Gasteiger partial charge < -0.3 is 5.32 Å². The molecule has 0 aromatic heterocycles. The molecule has 1 saturated carbocycles. The minimum atomic E-state index is 1.02. The van der Waals surface area contributed by atoms with Crippen molar-refractivity contribution in [2.24, 2.45) is 11.8 Å². The van der Waals surface area contributed by atoms with Gasteiger partial charge in [-0.25, -0.2) is 0 Å². The van der Waals surface area contributed by atoms with Crippen molar-refractivity contribution in [3.63, 3.8) is 0 Å². The van der Waals surface area contributed by atoms with E-state index in [2.05, 4.69) is 5.32 Å². The zero-order valence-electron chi connectivity index (χ0n) is 8.73. The summed E-state index contributed by atoms with van der Waals surface area (Å²) < 4.78 is 0. The third-order valence-corrected chi connectivity index (χ3v) is 3.87. The van der Waals surface area contributed by atoms with E-state index in [1.165, 1.54) is 64.5 Å². The molecule has 76 valence electrons. The summed E-state index contributed by atoms with van der Waals surface area (Å²) in [6.07, 6.45) is 12.0. The second-order valence-corrected chi connectivity index (χ2v) is 4.94. The summed E-state index contributed by atoms with van der Waals surface area (Å²) in [5.74, 6) is 2.11. The van der Waals surface area contributed by atoms with E-state index in [1.54, 1.807) is 0 Å². The zero-order chi connectivity index (χ0) is 8.93. The molecule has 1 saturated heterocycles. The summed E-state index contributed by atoms with van der Waals surface area (Å²) in [7, 11) is 0. The molecule has 1 aliphatic heterocycles. The van der Waals surface area contributed by atoms with Crippen molar-refractivity contribution in [1.82, 2.24) is 5.32 Å². The maximum absolute atomic E-state index is 3.46. The largest absolute Gasteiger partial charge is 0.316 e. The Balaban J connectivity index is 1.60. The molecule has 0 spiro atoms. The molecule has 0 amide bonds. The van der Waals surface area contributed by atoms with Crippen molar-refractivity contribution >= 4 is 0 Å². The Labute approximate surface area is 82.3 Å². The van der Waals surface area contributed by atoms with Gasteiger partial charge in [-0.05, 0) is 37.8 Å². The van der Waals surface area contributed by atoms with Gasteiger partial charge in [0.1, 0.15) is 0 Å². The highest BCUT2D eigenvalue weighted by Gasteiger charge is 2.18. The summed E-state index contributed by atoms with van der Waals surface area (Å²) in [6, 6.07) is 0. The summed E-state index contributed by atoms with van der Waals surface area (Å²) in [5, 5.41) is 3.46. The molecule has 1 heteroatoms. The summed E-state index contributed by atoms with van der Waals surface area (Å²) >= 11 is 0. The zero-order valence-corrected chi connectivity index (χ0v) is 8.73. The van der Waals surface area contributed by atoms with Crippen LogP contribution in [0.15, 0.2) is 0 Å². The predicted octanol–water partition coefficient (Wildman–Crippen LogP) is 2.96. The average molecular weight is 181 g/mol. The maximum Gasteiger partial charge on any atom is -0.00200 e. The first-order valence-electron chi connectivity index (χ1n) is 6.16. The van der Waals surface area contributed by atoms with E-state index in [4.69, 9.17) is 0 Å². The van der Waals surface area contributed by atoms with Crippen molar-refractivity contribution in [2.45, 2.75) is 51.4 Å². The first-order chi connectivity index (χ1) is 6.45. The van der Waals surface area contributed by atoms with Gasteiger partial charge >= 0.3 is 0 Å². The monoisotopic (exact) mass is 181 g/mol. The van der Waals surface area contributed by atoms with Crippen LogP contribution in [0, 0.1) is 11.8 Å². The third kappa shape index (κ3) is 2.98. The van der Waals surface area contributed by atoms with Gasteiger partial charge in [0.25, 0.3) is 0 Å². The van der Waals surface area contributed by atoms with Gasteiger partial charge in [-0.1, -0.05) is 38.5 Å². The Morgan fingerprint density at radius 1 is 0.846 bits per heavy atom. The summed E-state index contributed by atoms with van der Waals surface area (Å²) in [5.41, 5.74) is 0. The molecule has 0 radical (unpaired) electrons. The minimum Gasteiger partial charge on any atom is -0.316 e. The molecule has 1 N–H and O–H groups in total. The van der Waals surface area contributed by atoms with Crippen molar-refractivity contribution in [3.05, 3.63) is 0 Å². The molecule has 2 fully saturated rings. The van der Waals surface area contributed by atoms with Crippen LogP contribution < -0.4 is 5.32 Å². The highest BCUT2D eigenvalue weighted by atomic mass is 14.9. The van der Waals surface area contributed by atoms with Gasteiger partial charge in [0, 0.05) is 0 Å². The molecule has 0 aromatic carbocycles. The summed E-state index contributed by atoms with van der Waals surface area (Å²) in [6.45, 7) is 2.57. The van der Waals surface area contributed by atoms with E-state index in [0.717, 1.165) is 11.8 Å². The van der Waals surface area contributed by atoms with Gasteiger partial charge in [-0.2, -0.15) is 0 Å². The van der Waals surface area contributed by atoms with Gasteiger partial charge in [0.05, 0.1) is 0 Å². The molecular weight excluding hydrogens is 158 g/mol. The summed E-state index contributed by atoms with van der Waals surface area (Å²) in [4.78, 5) is 0. The van der Waals surface area contributed by atoms with Gasteiger partial charge in [-0.3, -0.25) is 0 Å². The molecule has 2 aliphatic rings. The number of hydrogen-bond donors (Lipinski definition) is 1. The van der Waals surface area contributed by atoms with Crippen LogP contribution in [0.1, 0.15) is 51.4 Å². The van der Waals surface area contributed by atoms with E-state index in [0.29, 0.717) is 0 Å². The van der Waals surface area contributed by atoms with Crippen molar-refractivity contribution < 1.29 is 0 Å². The smallest absolute Gasteiger partial charge is 0.00200 e. The maximum atomic E-state index is 3.46. The van der Waals surface area contributed by atoms with Crippen molar-refractivity contribution in [2.75, 3.05) is 13.1 Å². The molecule has 0 aromatic rings. The Morgan fingerprint density at radius 2 is 1.62 bits per heavy atom. The van der Waals surface area contributed by atoms with E-state index in [1.807, 2.05) is 0 Å². The molecule has 1 atom stereocenters. The fraction of sp³-hybridized carbons (Fsp3) is 1.00. The number of rotatable bonds is 3. The van der Waals surface area contributed by atoms with Crippen LogP contribution in [0.25, 0.3) is 0 Å². The first kappa shape index (κ1) is 9.51. The molecule has 1 unspecified atom stereocenters. The Hall–Kier alpha value is -0.0400. The van der Waals surface area contributed by atoms with Gasteiger partial charge in [0.2, 0.25) is 0 Å². The normalized spacial score (nSPS) is 30.9. The standard InChI is InChI=1S/C12H23N/c1-2-4-11(5-3-1)6-7-12-8-9-13-10-12/h11-13H,1-10H2. The van der Waals surface area contributed by atoms with Gasteiger partial charge in [0.15, 0.2) is 0 Å². The van der Waals surface area contributed by atoms with Crippen LogP contribution in [0.5, 0.6) is 0 Å². The topological polar surface area (TPSA) is 12.0 Å². The molecule has 13 heavy (non-hydrogen) atoms. The van der Waals surface area contributed by atoms with Crippen LogP contribution >= 0.6 is 0 Å². The van der Waals surface area contributed by atoms with Crippen LogP contribution in [0.3, 0.4) is 0 Å². The molecule has 2 rings (SSSR count). The quantitative estimate of drug-likeness (QED) is 0.706. The highest BCUT2D eigenvalue weighted by molar-refractivity contribution is 4.73. The SMILES string of the molecule is C1CCC(CCC2CCNC2)CC1.